The Morgan fingerprint density at radius 2 is 1.56 bits per heavy atom. The molecule has 0 radical (unpaired) electrons. The summed E-state index contributed by atoms with van der Waals surface area (Å²) in [4.78, 5) is 0. The van der Waals surface area contributed by atoms with Crippen LogP contribution in [-0.4, -0.2) is 37.5 Å². The highest BCUT2D eigenvalue weighted by molar-refractivity contribution is 7.86. The first-order valence-corrected chi connectivity index (χ1v) is 7.89. The summed E-state index contributed by atoms with van der Waals surface area (Å²) in [6, 6.07) is 0.496. The molecule has 6 heteroatoms. The summed E-state index contributed by atoms with van der Waals surface area (Å²) in [6.45, 7) is 8.35. The summed E-state index contributed by atoms with van der Waals surface area (Å²) in [5, 5.41) is 0. The van der Waals surface area contributed by atoms with E-state index in [1.807, 2.05) is 6.92 Å². The first-order chi connectivity index (χ1) is 7.15. The van der Waals surface area contributed by atoms with Gasteiger partial charge in [-0.1, -0.05) is 23.2 Å². The number of hydrogen-bond donors (Lipinski definition) is 0. The van der Waals surface area contributed by atoms with Crippen molar-refractivity contribution in [1.82, 2.24) is 4.67 Å². The molecule has 0 spiro atoms. The number of hydrogen-bond acceptors (Lipinski definition) is 4. The molecule has 0 aromatic carbocycles. The molecule has 6 unspecified atom stereocenters. The fourth-order valence-corrected chi connectivity index (χ4v) is 3.54. The smallest absolute Gasteiger partial charge is 0.264 e. The molecule has 1 fully saturated rings. The Morgan fingerprint density at radius 1 is 1.06 bits per heavy atom. The van der Waals surface area contributed by atoms with Crippen molar-refractivity contribution >= 4 is 19.5 Å². The Labute approximate surface area is 101 Å². The molecule has 0 aromatic rings. The van der Waals surface area contributed by atoms with Crippen LogP contribution in [0.2, 0.25) is 0 Å². The van der Waals surface area contributed by atoms with Gasteiger partial charge in [0.05, 0.1) is 12.4 Å². The zero-order valence-corrected chi connectivity index (χ0v) is 12.5. The highest BCUT2D eigenvalue weighted by Gasteiger charge is 2.42. The van der Waals surface area contributed by atoms with E-state index in [0.717, 1.165) is 6.26 Å². The Bertz CT molecular complexity index is 330. The second-order valence-corrected chi connectivity index (χ2v) is 7.11. The average molecular weight is 267 g/mol. The average Bonchev–Trinajstić information content (AvgIpc) is 2.17. The van der Waals surface area contributed by atoms with Crippen LogP contribution in [0.4, 0.5) is 0 Å². The lowest BCUT2D eigenvalue weighted by Gasteiger charge is -2.47. The van der Waals surface area contributed by atoms with Crippen molar-refractivity contribution in [2.45, 2.75) is 45.9 Å². The van der Waals surface area contributed by atoms with E-state index in [9.17, 15) is 8.42 Å². The zero-order chi connectivity index (χ0) is 12.7. The molecule has 0 amide bonds. The predicted octanol–water partition coefficient (Wildman–Crippen LogP) is 1.49. The number of piperidine rings is 1. The molecule has 6 atom stereocenters. The molecule has 0 N–H and O–H groups in total. The third kappa shape index (κ3) is 2.95. The Hall–Kier alpha value is 0.300. The second kappa shape index (κ2) is 4.89. The largest absolute Gasteiger partial charge is 0.279 e. The molecular weight excluding hydrogens is 245 g/mol. The van der Waals surface area contributed by atoms with E-state index in [1.165, 1.54) is 0 Å². The second-order valence-electron chi connectivity index (χ2n) is 4.91. The van der Waals surface area contributed by atoms with E-state index in [0.29, 0.717) is 12.0 Å². The molecule has 0 saturated carbocycles. The molecule has 4 nitrogen and oxygen atoms in total. The van der Waals surface area contributed by atoms with E-state index in [-0.39, 0.29) is 18.1 Å². The van der Waals surface area contributed by atoms with Crippen molar-refractivity contribution in [3.63, 3.8) is 0 Å². The zero-order valence-electron chi connectivity index (χ0n) is 10.5. The van der Waals surface area contributed by atoms with Crippen LogP contribution >= 0.6 is 9.39 Å². The minimum atomic E-state index is -3.39. The monoisotopic (exact) mass is 267 g/mol. The first kappa shape index (κ1) is 14.4. The lowest BCUT2D eigenvalue weighted by molar-refractivity contribution is -0.0112. The highest BCUT2D eigenvalue weighted by Crippen LogP contribution is 2.36. The Kier molecular flexibility index (Phi) is 4.39. The molecule has 1 heterocycles. The normalized spacial score (nSPS) is 42.2. The SMILES string of the molecule is CC1C(C)C(C)N(P)C(C)C1OS(C)(=O)=O. The van der Waals surface area contributed by atoms with E-state index in [2.05, 4.69) is 34.8 Å². The molecule has 0 aliphatic carbocycles. The Morgan fingerprint density at radius 3 is 2.00 bits per heavy atom. The van der Waals surface area contributed by atoms with Crippen LogP contribution in [0.15, 0.2) is 0 Å². The first-order valence-electron chi connectivity index (χ1n) is 5.56. The summed E-state index contributed by atoms with van der Waals surface area (Å²) in [6.07, 6.45) is 0.848. The minimum absolute atomic E-state index is 0.0842. The van der Waals surface area contributed by atoms with E-state index < -0.39 is 10.1 Å². The van der Waals surface area contributed by atoms with Gasteiger partial charge < -0.3 is 0 Å². The van der Waals surface area contributed by atoms with Crippen molar-refractivity contribution in [3.05, 3.63) is 0 Å². The topological polar surface area (TPSA) is 46.6 Å². The lowest BCUT2D eigenvalue weighted by atomic mass is 9.79. The maximum atomic E-state index is 11.2. The van der Waals surface area contributed by atoms with Gasteiger partial charge in [0.25, 0.3) is 10.1 Å². The van der Waals surface area contributed by atoms with Crippen molar-refractivity contribution in [1.29, 1.82) is 0 Å². The maximum Gasteiger partial charge on any atom is 0.264 e. The van der Waals surface area contributed by atoms with Gasteiger partial charge in [-0.15, -0.1) is 0 Å². The molecule has 16 heavy (non-hydrogen) atoms. The van der Waals surface area contributed by atoms with Crippen LogP contribution in [0, 0.1) is 11.8 Å². The molecule has 1 rings (SSSR count). The summed E-state index contributed by atoms with van der Waals surface area (Å²) in [7, 11) is -0.713. The minimum Gasteiger partial charge on any atom is -0.279 e. The molecule has 0 bridgehead atoms. The summed E-state index contributed by atoms with van der Waals surface area (Å²) < 4.78 is 29.8. The fraction of sp³-hybridized carbons (Fsp3) is 1.00. The summed E-state index contributed by atoms with van der Waals surface area (Å²) in [5.74, 6) is 0.636. The molecule has 1 aliphatic heterocycles. The fourth-order valence-electron chi connectivity index (χ4n) is 2.36. The summed E-state index contributed by atoms with van der Waals surface area (Å²) in [5.41, 5.74) is 0. The van der Waals surface area contributed by atoms with Crippen LogP contribution < -0.4 is 0 Å². The van der Waals surface area contributed by atoms with E-state index in [4.69, 9.17) is 4.18 Å². The molecule has 96 valence electrons. The van der Waals surface area contributed by atoms with E-state index in [1.54, 1.807) is 0 Å². The third-order valence-corrected chi connectivity index (χ3v) is 5.32. The summed E-state index contributed by atoms with van der Waals surface area (Å²) >= 11 is 0. The van der Waals surface area contributed by atoms with Crippen LogP contribution in [0.25, 0.3) is 0 Å². The van der Waals surface area contributed by atoms with Crippen LogP contribution in [0.5, 0.6) is 0 Å². The van der Waals surface area contributed by atoms with Gasteiger partial charge in [-0.2, -0.15) is 8.42 Å². The van der Waals surface area contributed by atoms with Gasteiger partial charge in [-0.3, -0.25) is 8.85 Å². The van der Waals surface area contributed by atoms with Crippen LogP contribution in [0.3, 0.4) is 0 Å². The lowest BCUT2D eigenvalue weighted by Crippen LogP contribution is -2.55. The molecular formula is C10H22NO3PS. The van der Waals surface area contributed by atoms with Gasteiger partial charge >= 0.3 is 0 Å². The molecule has 1 aliphatic rings. The van der Waals surface area contributed by atoms with Gasteiger partial charge in [0.15, 0.2) is 0 Å². The van der Waals surface area contributed by atoms with Gasteiger partial charge in [0, 0.05) is 12.1 Å². The van der Waals surface area contributed by atoms with Crippen molar-refractivity contribution in [3.8, 4) is 0 Å². The van der Waals surface area contributed by atoms with Crippen molar-refractivity contribution < 1.29 is 12.6 Å². The van der Waals surface area contributed by atoms with Crippen LogP contribution in [0.1, 0.15) is 27.7 Å². The standard InChI is InChI=1S/C10H22NO3PS/c1-6-7(2)10(14-16(5,12)13)9(4)11(15)8(6)3/h6-10H,15H2,1-5H3. The molecule has 1 saturated heterocycles. The van der Waals surface area contributed by atoms with E-state index >= 15 is 0 Å². The molecule has 0 aromatic heterocycles. The van der Waals surface area contributed by atoms with Gasteiger partial charge in [-0.25, -0.2) is 0 Å². The highest BCUT2D eigenvalue weighted by atomic mass is 32.2. The van der Waals surface area contributed by atoms with Crippen LogP contribution in [-0.2, 0) is 14.3 Å². The quantitative estimate of drug-likeness (QED) is 0.562. The third-order valence-electron chi connectivity index (χ3n) is 3.81. The number of rotatable bonds is 2. The van der Waals surface area contributed by atoms with Crippen molar-refractivity contribution in [2.24, 2.45) is 11.8 Å². The van der Waals surface area contributed by atoms with Crippen molar-refractivity contribution in [2.75, 3.05) is 6.26 Å². The van der Waals surface area contributed by atoms with Gasteiger partial charge in [-0.05, 0) is 25.7 Å². The number of nitrogens with zero attached hydrogens (tertiary/aromatic N) is 1. The maximum absolute atomic E-state index is 11.2. The van der Waals surface area contributed by atoms with Gasteiger partial charge in [0.1, 0.15) is 0 Å². The van der Waals surface area contributed by atoms with Gasteiger partial charge in [0.2, 0.25) is 0 Å². The Balaban J connectivity index is 2.91. The predicted molar refractivity (Wildman–Crippen MR) is 68.5 cm³/mol.